The second-order valence-electron chi connectivity index (χ2n) is 5.65. The molecule has 1 aliphatic rings. The molecule has 0 spiro atoms. The zero-order chi connectivity index (χ0) is 13.1. The molecule has 1 heterocycles. The van der Waals surface area contributed by atoms with E-state index in [0.29, 0.717) is 6.04 Å². The molecule has 3 rings (SSSR count). The lowest BCUT2D eigenvalue weighted by molar-refractivity contribution is 0.445. The molecule has 0 saturated heterocycles. The Hall–Kier alpha value is -1.41. The van der Waals surface area contributed by atoms with Crippen molar-refractivity contribution in [3.63, 3.8) is 0 Å². The number of nitrogens with one attached hydrogen (secondary N) is 1. The zero-order valence-electron chi connectivity index (χ0n) is 11.6. The van der Waals surface area contributed by atoms with Crippen LogP contribution in [0.2, 0.25) is 0 Å². The standard InChI is InChI=1S/C17H22N2/c1-2-15(11-13-7-8-13)19-12-14-9-10-18-17-6-4-3-5-16(14)17/h3-6,9-10,13,15,19H,2,7-8,11-12H2,1H3. The molecule has 2 heteroatoms. The molecular weight excluding hydrogens is 232 g/mol. The zero-order valence-corrected chi connectivity index (χ0v) is 11.6. The van der Waals surface area contributed by atoms with Gasteiger partial charge in [0.2, 0.25) is 0 Å². The van der Waals surface area contributed by atoms with Gasteiger partial charge in [-0.05, 0) is 36.5 Å². The van der Waals surface area contributed by atoms with Gasteiger partial charge in [0.05, 0.1) is 5.52 Å². The van der Waals surface area contributed by atoms with E-state index in [1.165, 1.54) is 36.6 Å². The molecule has 2 aromatic rings. The number of nitrogens with zero attached hydrogens (tertiary/aromatic N) is 1. The molecule has 1 saturated carbocycles. The Labute approximate surface area is 115 Å². The summed E-state index contributed by atoms with van der Waals surface area (Å²) < 4.78 is 0. The van der Waals surface area contributed by atoms with Crippen LogP contribution in [-0.2, 0) is 6.54 Å². The molecule has 0 radical (unpaired) electrons. The van der Waals surface area contributed by atoms with E-state index in [4.69, 9.17) is 0 Å². The summed E-state index contributed by atoms with van der Waals surface area (Å²) in [6, 6.07) is 11.2. The van der Waals surface area contributed by atoms with Gasteiger partial charge in [0.25, 0.3) is 0 Å². The van der Waals surface area contributed by atoms with Gasteiger partial charge in [-0.2, -0.15) is 0 Å². The molecule has 0 aliphatic heterocycles. The molecule has 1 atom stereocenters. The molecule has 19 heavy (non-hydrogen) atoms. The highest BCUT2D eigenvalue weighted by Crippen LogP contribution is 2.34. The van der Waals surface area contributed by atoms with Crippen molar-refractivity contribution < 1.29 is 0 Å². The fourth-order valence-corrected chi connectivity index (χ4v) is 2.71. The summed E-state index contributed by atoms with van der Waals surface area (Å²) in [5.41, 5.74) is 2.46. The highest BCUT2D eigenvalue weighted by atomic mass is 14.9. The Bertz CT molecular complexity index is 540. The van der Waals surface area contributed by atoms with Gasteiger partial charge in [0.1, 0.15) is 0 Å². The summed E-state index contributed by atoms with van der Waals surface area (Å²) in [5.74, 6) is 0.992. The van der Waals surface area contributed by atoms with Crippen LogP contribution in [0.4, 0.5) is 0 Å². The molecular formula is C17H22N2. The number of benzene rings is 1. The highest BCUT2D eigenvalue weighted by Gasteiger charge is 2.24. The normalized spacial score (nSPS) is 16.7. The van der Waals surface area contributed by atoms with E-state index in [0.717, 1.165) is 18.0 Å². The molecule has 1 N–H and O–H groups in total. The quantitative estimate of drug-likeness (QED) is 0.845. The number of rotatable bonds is 6. The van der Waals surface area contributed by atoms with Crippen molar-refractivity contribution in [3.05, 3.63) is 42.1 Å². The second-order valence-corrected chi connectivity index (χ2v) is 5.65. The van der Waals surface area contributed by atoms with E-state index >= 15 is 0 Å². The Morgan fingerprint density at radius 1 is 1.26 bits per heavy atom. The van der Waals surface area contributed by atoms with Crippen LogP contribution < -0.4 is 5.32 Å². The van der Waals surface area contributed by atoms with Crippen molar-refractivity contribution in [1.29, 1.82) is 0 Å². The third-order valence-corrected chi connectivity index (χ3v) is 4.13. The Kier molecular flexibility index (Phi) is 3.79. The molecule has 1 fully saturated rings. The Morgan fingerprint density at radius 2 is 2.11 bits per heavy atom. The van der Waals surface area contributed by atoms with Crippen LogP contribution >= 0.6 is 0 Å². The first-order valence-corrected chi connectivity index (χ1v) is 7.43. The Morgan fingerprint density at radius 3 is 2.89 bits per heavy atom. The van der Waals surface area contributed by atoms with Crippen molar-refractivity contribution >= 4 is 10.9 Å². The number of pyridine rings is 1. The highest BCUT2D eigenvalue weighted by molar-refractivity contribution is 5.81. The lowest BCUT2D eigenvalue weighted by atomic mass is 10.1. The molecule has 2 nitrogen and oxygen atoms in total. The van der Waals surface area contributed by atoms with Gasteiger partial charge in [-0.15, -0.1) is 0 Å². The maximum Gasteiger partial charge on any atom is 0.0705 e. The largest absolute Gasteiger partial charge is 0.310 e. The minimum Gasteiger partial charge on any atom is -0.310 e. The first-order valence-electron chi connectivity index (χ1n) is 7.43. The van der Waals surface area contributed by atoms with E-state index in [9.17, 15) is 0 Å². The van der Waals surface area contributed by atoms with Gasteiger partial charge in [-0.25, -0.2) is 0 Å². The van der Waals surface area contributed by atoms with E-state index in [-0.39, 0.29) is 0 Å². The lowest BCUT2D eigenvalue weighted by Crippen LogP contribution is -2.28. The summed E-state index contributed by atoms with van der Waals surface area (Å²) in [5, 5.41) is 5.00. The van der Waals surface area contributed by atoms with Gasteiger partial charge in [-0.3, -0.25) is 4.98 Å². The lowest BCUT2D eigenvalue weighted by Gasteiger charge is -2.17. The topological polar surface area (TPSA) is 24.9 Å². The maximum absolute atomic E-state index is 4.42. The summed E-state index contributed by atoms with van der Waals surface area (Å²) in [7, 11) is 0. The predicted octanol–water partition coefficient (Wildman–Crippen LogP) is 3.90. The molecule has 1 aliphatic carbocycles. The number of hydrogen-bond acceptors (Lipinski definition) is 2. The van der Waals surface area contributed by atoms with Gasteiger partial charge < -0.3 is 5.32 Å². The van der Waals surface area contributed by atoms with Gasteiger partial charge in [0.15, 0.2) is 0 Å². The van der Waals surface area contributed by atoms with Crippen LogP contribution in [0.1, 0.15) is 38.2 Å². The summed E-state index contributed by atoms with van der Waals surface area (Å²) in [4.78, 5) is 4.42. The third-order valence-electron chi connectivity index (χ3n) is 4.13. The number of fused-ring (bicyclic) bond motifs is 1. The van der Waals surface area contributed by atoms with Crippen molar-refractivity contribution in [2.24, 2.45) is 5.92 Å². The minimum absolute atomic E-state index is 0.666. The van der Waals surface area contributed by atoms with Crippen LogP contribution in [0.15, 0.2) is 36.5 Å². The van der Waals surface area contributed by atoms with E-state index in [1.54, 1.807) is 0 Å². The van der Waals surface area contributed by atoms with E-state index < -0.39 is 0 Å². The number of hydrogen-bond donors (Lipinski definition) is 1. The average molecular weight is 254 g/mol. The van der Waals surface area contributed by atoms with Crippen molar-refractivity contribution in [3.8, 4) is 0 Å². The van der Waals surface area contributed by atoms with Crippen molar-refractivity contribution in [2.75, 3.05) is 0 Å². The van der Waals surface area contributed by atoms with Crippen molar-refractivity contribution in [1.82, 2.24) is 10.3 Å². The molecule has 1 aromatic carbocycles. The van der Waals surface area contributed by atoms with Gasteiger partial charge >= 0.3 is 0 Å². The smallest absolute Gasteiger partial charge is 0.0705 e. The molecule has 1 aromatic heterocycles. The Balaban J connectivity index is 1.70. The summed E-state index contributed by atoms with van der Waals surface area (Å²) >= 11 is 0. The monoisotopic (exact) mass is 254 g/mol. The fraction of sp³-hybridized carbons (Fsp3) is 0.471. The van der Waals surface area contributed by atoms with Gasteiger partial charge in [-0.1, -0.05) is 38.0 Å². The van der Waals surface area contributed by atoms with E-state index in [1.807, 2.05) is 6.20 Å². The first-order chi connectivity index (χ1) is 9.36. The molecule has 1 unspecified atom stereocenters. The third kappa shape index (κ3) is 3.13. The first kappa shape index (κ1) is 12.6. The molecule has 0 bridgehead atoms. The molecule has 100 valence electrons. The van der Waals surface area contributed by atoms with Crippen LogP contribution in [-0.4, -0.2) is 11.0 Å². The fourth-order valence-electron chi connectivity index (χ4n) is 2.71. The predicted molar refractivity (Wildman–Crippen MR) is 80.0 cm³/mol. The second kappa shape index (κ2) is 5.70. The SMILES string of the molecule is CCC(CC1CC1)NCc1ccnc2ccccc12. The van der Waals surface area contributed by atoms with Crippen molar-refractivity contribution in [2.45, 2.75) is 45.2 Å². The van der Waals surface area contributed by atoms with Gasteiger partial charge in [0, 0.05) is 24.2 Å². The number of aromatic nitrogens is 1. The summed E-state index contributed by atoms with van der Waals surface area (Å²) in [6.45, 7) is 3.24. The molecule has 0 amide bonds. The van der Waals surface area contributed by atoms with Crippen LogP contribution in [0, 0.1) is 5.92 Å². The minimum atomic E-state index is 0.666. The summed E-state index contributed by atoms with van der Waals surface area (Å²) in [6.07, 6.45) is 7.37. The van der Waals surface area contributed by atoms with Crippen LogP contribution in [0.5, 0.6) is 0 Å². The van der Waals surface area contributed by atoms with E-state index in [2.05, 4.69) is 47.6 Å². The maximum atomic E-state index is 4.42. The number of para-hydroxylation sites is 1. The average Bonchev–Trinajstić information content (AvgIpc) is 3.27. The van der Waals surface area contributed by atoms with Crippen LogP contribution in [0.3, 0.4) is 0 Å². The van der Waals surface area contributed by atoms with Crippen LogP contribution in [0.25, 0.3) is 10.9 Å².